The van der Waals surface area contributed by atoms with Crippen molar-refractivity contribution in [3.8, 4) is 0 Å². The van der Waals surface area contributed by atoms with Gasteiger partial charge in [0.15, 0.2) is 5.96 Å². The minimum Gasteiger partial charge on any atom is -0.356 e. The highest BCUT2D eigenvalue weighted by Gasteiger charge is 2.04. The largest absolute Gasteiger partial charge is 0.356 e. The van der Waals surface area contributed by atoms with Crippen molar-refractivity contribution in [3.63, 3.8) is 0 Å². The molecule has 0 bridgehead atoms. The molecule has 0 radical (unpaired) electrons. The molecular formula is C14H21F2N3. The summed E-state index contributed by atoms with van der Waals surface area (Å²) >= 11 is 0. The van der Waals surface area contributed by atoms with E-state index in [1.165, 1.54) is 12.1 Å². The number of rotatable bonds is 5. The molecule has 0 aliphatic carbocycles. The van der Waals surface area contributed by atoms with Gasteiger partial charge < -0.3 is 10.6 Å². The highest BCUT2D eigenvalue weighted by Crippen LogP contribution is 2.09. The van der Waals surface area contributed by atoms with Gasteiger partial charge in [-0.05, 0) is 24.0 Å². The third-order valence-corrected chi connectivity index (χ3v) is 2.60. The van der Waals surface area contributed by atoms with E-state index >= 15 is 0 Å². The molecule has 0 amide bonds. The van der Waals surface area contributed by atoms with E-state index in [2.05, 4.69) is 29.5 Å². The van der Waals surface area contributed by atoms with Crippen LogP contribution in [-0.4, -0.2) is 26.1 Å². The van der Waals surface area contributed by atoms with E-state index in [0.717, 1.165) is 12.6 Å². The molecule has 0 aromatic heterocycles. The van der Waals surface area contributed by atoms with E-state index in [-0.39, 0.29) is 0 Å². The molecule has 2 N–H and O–H groups in total. The molecule has 0 aliphatic heterocycles. The summed E-state index contributed by atoms with van der Waals surface area (Å²) in [6, 6.07) is 3.64. The van der Waals surface area contributed by atoms with Gasteiger partial charge in [0.2, 0.25) is 0 Å². The quantitative estimate of drug-likeness (QED) is 0.636. The van der Waals surface area contributed by atoms with Gasteiger partial charge in [-0.25, -0.2) is 8.78 Å². The Kier molecular flexibility index (Phi) is 6.25. The zero-order chi connectivity index (χ0) is 14.3. The average Bonchev–Trinajstić information content (AvgIpc) is 2.35. The molecule has 106 valence electrons. The van der Waals surface area contributed by atoms with Gasteiger partial charge >= 0.3 is 0 Å². The minimum atomic E-state index is -0.552. The van der Waals surface area contributed by atoms with Crippen LogP contribution in [0.1, 0.15) is 19.4 Å². The summed E-state index contributed by atoms with van der Waals surface area (Å²) in [6.45, 7) is 5.58. The van der Waals surface area contributed by atoms with Gasteiger partial charge in [-0.3, -0.25) is 4.99 Å². The van der Waals surface area contributed by atoms with Crippen LogP contribution in [0.3, 0.4) is 0 Å². The summed E-state index contributed by atoms with van der Waals surface area (Å²) in [5.74, 6) is 0.153. The van der Waals surface area contributed by atoms with Crippen LogP contribution in [0.2, 0.25) is 0 Å². The van der Waals surface area contributed by atoms with E-state index in [4.69, 9.17) is 0 Å². The number of halogens is 2. The van der Waals surface area contributed by atoms with Crippen molar-refractivity contribution in [2.75, 3.05) is 20.1 Å². The lowest BCUT2D eigenvalue weighted by atomic mass is 10.1. The summed E-state index contributed by atoms with van der Waals surface area (Å²) in [5.41, 5.74) is 0.494. The number of benzene rings is 1. The molecule has 0 fully saturated rings. The Labute approximate surface area is 113 Å². The van der Waals surface area contributed by atoms with Gasteiger partial charge in [-0.2, -0.15) is 0 Å². The summed E-state index contributed by atoms with van der Waals surface area (Å²) < 4.78 is 26.1. The highest BCUT2D eigenvalue weighted by atomic mass is 19.1. The molecule has 1 aromatic rings. The van der Waals surface area contributed by atoms with Crippen molar-refractivity contribution in [2.45, 2.75) is 20.3 Å². The summed E-state index contributed by atoms with van der Waals surface area (Å²) in [5, 5.41) is 6.26. The Bertz CT molecular complexity index is 431. The van der Waals surface area contributed by atoms with Crippen LogP contribution >= 0.6 is 0 Å². The zero-order valence-electron chi connectivity index (χ0n) is 11.6. The maximum Gasteiger partial charge on any atom is 0.190 e. The van der Waals surface area contributed by atoms with Crippen LogP contribution in [0, 0.1) is 17.6 Å². The molecule has 0 atom stereocenters. The van der Waals surface area contributed by atoms with E-state index in [9.17, 15) is 8.78 Å². The maximum absolute atomic E-state index is 13.4. The molecule has 3 nitrogen and oxygen atoms in total. The average molecular weight is 269 g/mol. The zero-order valence-corrected chi connectivity index (χ0v) is 11.6. The molecule has 19 heavy (non-hydrogen) atoms. The second kappa shape index (κ2) is 7.71. The maximum atomic E-state index is 13.4. The first-order valence-corrected chi connectivity index (χ1v) is 6.41. The number of nitrogens with zero attached hydrogens (tertiary/aromatic N) is 1. The van der Waals surface area contributed by atoms with Crippen LogP contribution in [0.25, 0.3) is 0 Å². The lowest BCUT2D eigenvalue weighted by molar-refractivity contribution is 0.570. The molecule has 1 aromatic carbocycles. The number of hydrogen-bond donors (Lipinski definition) is 2. The van der Waals surface area contributed by atoms with Crippen molar-refractivity contribution >= 4 is 5.96 Å². The predicted octanol–water partition coefficient (Wildman–Crippen LogP) is 2.33. The van der Waals surface area contributed by atoms with Crippen molar-refractivity contribution in [3.05, 3.63) is 35.4 Å². The van der Waals surface area contributed by atoms with Gasteiger partial charge in [0.05, 0.1) is 0 Å². The first-order chi connectivity index (χ1) is 9.02. The van der Waals surface area contributed by atoms with Crippen LogP contribution in [-0.2, 0) is 6.42 Å². The van der Waals surface area contributed by atoms with Crippen LogP contribution in [0.4, 0.5) is 8.78 Å². The normalized spacial score (nSPS) is 11.8. The van der Waals surface area contributed by atoms with Crippen LogP contribution in [0.5, 0.6) is 0 Å². The third-order valence-electron chi connectivity index (χ3n) is 2.60. The molecule has 0 heterocycles. The fourth-order valence-electron chi connectivity index (χ4n) is 1.56. The second-order valence-electron chi connectivity index (χ2n) is 4.76. The first-order valence-electron chi connectivity index (χ1n) is 6.41. The number of aliphatic imine (C=N–C) groups is 1. The van der Waals surface area contributed by atoms with Crippen molar-refractivity contribution < 1.29 is 8.78 Å². The Morgan fingerprint density at radius 2 is 2.00 bits per heavy atom. The van der Waals surface area contributed by atoms with E-state index in [0.29, 0.717) is 30.4 Å². The summed E-state index contributed by atoms with van der Waals surface area (Å²) in [4.78, 5) is 4.07. The monoisotopic (exact) mass is 269 g/mol. The Morgan fingerprint density at radius 3 is 2.58 bits per heavy atom. The molecule has 0 saturated heterocycles. The lowest BCUT2D eigenvalue weighted by Gasteiger charge is -2.13. The Balaban J connectivity index is 2.40. The molecule has 0 aliphatic rings. The molecule has 0 spiro atoms. The number of nitrogens with one attached hydrogen (secondary N) is 2. The predicted molar refractivity (Wildman–Crippen MR) is 74.3 cm³/mol. The van der Waals surface area contributed by atoms with E-state index < -0.39 is 11.6 Å². The standard InChI is InChI=1S/C14H21F2N3/c1-10(2)9-19-14(17-3)18-7-6-11-4-5-12(15)8-13(11)16/h4-5,8,10H,6-7,9H2,1-3H3,(H2,17,18,19). The molecular weight excluding hydrogens is 248 g/mol. The van der Waals surface area contributed by atoms with Crippen molar-refractivity contribution in [1.82, 2.24) is 10.6 Å². The molecule has 1 rings (SSSR count). The van der Waals surface area contributed by atoms with Crippen molar-refractivity contribution in [1.29, 1.82) is 0 Å². The number of guanidine groups is 1. The fraction of sp³-hybridized carbons (Fsp3) is 0.500. The summed E-state index contributed by atoms with van der Waals surface area (Å²) in [7, 11) is 1.69. The minimum absolute atomic E-state index is 0.481. The molecule has 5 heteroatoms. The van der Waals surface area contributed by atoms with Gasteiger partial charge in [0.25, 0.3) is 0 Å². The molecule has 0 unspecified atom stereocenters. The van der Waals surface area contributed by atoms with E-state index in [1.807, 2.05) is 0 Å². The first kappa shape index (κ1) is 15.4. The summed E-state index contributed by atoms with van der Waals surface area (Å²) in [6.07, 6.45) is 0.481. The second-order valence-corrected chi connectivity index (χ2v) is 4.76. The molecule has 0 saturated carbocycles. The Morgan fingerprint density at radius 1 is 1.26 bits per heavy atom. The van der Waals surface area contributed by atoms with Gasteiger partial charge in [-0.15, -0.1) is 0 Å². The van der Waals surface area contributed by atoms with Crippen molar-refractivity contribution in [2.24, 2.45) is 10.9 Å². The smallest absolute Gasteiger partial charge is 0.190 e. The van der Waals surface area contributed by atoms with Crippen LogP contribution < -0.4 is 10.6 Å². The van der Waals surface area contributed by atoms with Gasteiger partial charge in [0, 0.05) is 26.2 Å². The lowest BCUT2D eigenvalue weighted by Crippen LogP contribution is -2.40. The van der Waals surface area contributed by atoms with Crippen LogP contribution in [0.15, 0.2) is 23.2 Å². The van der Waals surface area contributed by atoms with Gasteiger partial charge in [-0.1, -0.05) is 19.9 Å². The fourth-order valence-corrected chi connectivity index (χ4v) is 1.56. The third kappa shape index (κ3) is 5.68. The van der Waals surface area contributed by atoms with E-state index in [1.54, 1.807) is 7.05 Å². The topological polar surface area (TPSA) is 36.4 Å². The SMILES string of the molecule is CN=C(NCCc1ccc(F)cc1F)NCC(C)C. The highest BCUT2D eigenvalue weighted by molar-refractivity contribution is 5.79. The number of hydrogen-bond acceptors (Lipinski definition) is 1. The van der Waals surface area contributed by atoms with Gasteiger partial charge in [0.1, 0.15) is 11.6 Å². The Hall–Kier alpha value is -1.65.